The molecule has 0 radical (unpaired) electrons. The number of carbonyl (C=O) groups excluding carboxylic acids is 1. The number of methoxy groups -OCH3 is 1. The zero-order valence-corrected chi connectivity index (χ0v) is 14.9. The summed E-state index contributed by atoms with van der Waals surface area (Å²) in [6.07, 6.45) is 0.983. The van der Waals surface area contributed by atoms with Gasteiger partial charge in [-0.2, -0.15) is 0 Å². The van der Waals surface area contributed by atoms with Crippen LogP contribution in [0, 0.1) is 6.92 Å². The van der Waals surface area contributed by atoms with E-state index >= 15 is 0 Å². The number of nitrogens with one attached hydrogen (secondary N) is 1. The van der Waals surface area contributed by atoms with Crippen LogP contribution in [0.1, 0.15) is 24.5 Å². The van der Waals surface area contributed by atoms with Crippen molar-refractivity contribution in [2.24, 2.45) is 0 Å². The van der Waals surface area contributed by atoms with E-state index in [9.17, 15) is 4.79 Å². The maximum atomic E-state index is 12.1. The summed E-state index contributed by atoms with van der Waals surface area (Å²) in [5.41, 5.74) is 0. The fourth-order valence-electron chi connectivity index (χ4n) is 1.95. The molecule has 1 N–H and O–H groups in total. The lowest BCUT2D eigenvalue weighted by Crippen LogP contribution is -2.33. The SMILES string of the molecule is CCc1cc2c(SC(C)C(=O)NCCOC)nc(C)nc2s1. The second kappa shape index (κ2) is 7.89. The van der Waals surface area contributed by atoms with Crippen molar-refractivity contribution >= 4 is 39.2 Å². The molecule has 2 heterocycles. The van der Waals surface area contributed by atoms with Gasteiger partial charge in [0.1, 0.15) is 15.7 Å². The minimum Gasteiger partial charge on any atom is -0.383 e. The Morgan fingerprint density at radius 3 is 2.95 bits per heavy atom. The fraction of sp³-hybridized carbons (Fsp3) is 0.533. The lowest BCUT2D eigenvalue weighted by atomic mass is 10.3. The molecular weight excluding hydrogens is 318 g/mol. The Morgan fingerprint density at radius 1 is 1.50 bits per heavy atom. The molecule has 0 saturated carbocycles. The third-order valence-electron chi connectivity index (χ3n) is 3.13. The zero-order chi connectivity index (χ0) is 16.1. The third-order valence-corrected chi connectivity index (χ3v) is 5.41. The monoisotopic (exact) mass is 339 g/mol. The Morgan fingerprint density at radius 2 is 2.27 bits per heavy atom. The Hall–Kier alpha value is -1.18. The van der Waals surface area contributed by atoms with Gasteiger partial charge in [0.25, 0.3) is 0 Å². The third kappa shape index (κ3) is 4.18. The van der Waals surface area contributed by atoms with Gasteiger partial charge in [0.2, 0.25) is 5.91 Å². The van der Waals surface area contributed by atoms with Crippen LogP contribution in [0.5, 0.6) is 0 Å². The van der Waals surface area contributed by atoms with Gasteiger partial charge in [-0.1, -0.05) is 18.7 Å². The number of ether oxygens (including phenoxy) is 1. The number of nitrogens with zero attached hydrogens (tertiary/aromatic N) is 2. The van der Waals surface area contributed by atoms with E-state index in [1.54, 1.807) is 18.4 Å². The zero-order valence-electron chi connectivity index (χ0n) is 13.3. The van der Waals surface area contributed by atoms with Crippen molar-refractivity contribution in [1.82, 2.24) is 15.3 Å². The van der Waals surface area contributed by atoms with Crippen LogP contribution in [0.3, 0.4) is 0 Å². The molecule has 2 rings (SSSR count). The van der Waals surface area contributed by atoms with Gasteiger partial charge in [0.15, 0.2) is 0 Å². The van der Waals surface area contributed by atoms with Crippen LogP contribution in [-0.2, 0) is 16.0 Å². The highest BCUT2D eigenvalue weighted by Gasteiger charge is 2.18. The quantitative estimate of drug-likeness (QED) is 0.477. The molecule has 22 heavy (non-hydrogen) atoms. The van der Waals surface area contributed by atoms with Gasteiger partial charge in [-0.15, -0.1) is 11.3 Å². The van der Waals surface area contributed by atoms with Crippen molar-refractivity contribution in [3.05, 3.63) is 16.8 Å². The average molecular weight is 339 g/mol. The number of thioether (sulfide) groups is 1. The Labute approximate surface area is 138 Å². The van der Waals surface area contributed by atoms with E-state index in [1.165, 1.54) is 16.6 Å². The van der Waals surface area contributed by atoms with Gasteiger partial charge in [-0.25, -0.2) is 9.97 Å². The molecule has 0 aromatic carbocycles. The normalized spacial score (nSPS) is 12.5. The summed E-state index contributed by atoms with van der Waals surface area (Å²) in [6, 6.07) is 2.14. The number of hydrogen-bond acceptors (Lipinski definition) is 6. The minimum absolute atomic E-state index is 0.00240. The molecule has 0 spiro atoms. The van der Waals surface area contributed by atoms with E-state index in [1.807, 2.05) is 13.8 Å². The van der Waals surface area contributed by atoms with Crippen molar-refractivity contribution in [1.29, 1.82) is 0 Å². The van der Waals surface area contributed by atoms with Gasteiger partial charge < -0.3 is 10.1 Å². The number of rotatable bonds is 7. The molecule has 0 aliphatic heterocycles. The van der Waals surface area contributed by atoms with E-state index in [-0.39, 0.29) is 11.2 Å². The van der Waals surface area contributed by atoms with Crippen molar-refractivity contribution in [3.8, 4) is 0 Å². The molecular formula is C15H21N3O2S2. The van der Waals surface area contributed by atoms with E-state index in [4.69, 9.17) is 4.74 Å². The first-order valence-corrected chi connectivity index (χ1v) is 8.95. The molecule has 1 amide bonds. The van der Waals surface area contributed by atoms with Crippen LogP contribution in [0.2, 0.25) is 0 Å². The summed E-state index contributed by atoms with van der Waals surface area (Å²) in [7, 11) is 1.62. The molecule has 0 saturated heterocycles. The van der Waals surface area contributed by atoms with Gasteiger partial charge in [-0.05, 0) is 26.3 Å². The molecule has 5 nitrogen and oxygen atoms in total. The molecule has 0 fully saturated rings. The molecule has 0 aliphatic carbocycles. The molecule has 2 aromatic heterocycles. The van der Waals surface area contributed by atoms with Crippen LogP contribution in [-0.4, -0.2) is 41.4 Å². The molecule has 1 atom stereocenters. The smallest absolute Gasteiger partial charge is 0.233 e. The number of carbonyl (C=O) groups is 1. The summed E-state index contributed by atoms with van der Waals surface area (Å²) >= 11 is 3.18. The van der Waals surface area contributed by atoms with Crippen LogP contribution >= 0.6 is 23.1 Å². The minimum atomic E-state index is -0.209. The standard InChI is InChI=1S/C15H21N3O2S2/c1-5-11-8-12-14(17-10(3)18-15(12)22-11)21-9(2)13(19)16-6-7-20-4/h8-9H,5-7H2,1-4H3,(H,16,19). The van der Waals surface area contributed by atoms with E-state index in [0.29, 0.717) is 13.2 Å². The topological polar surface area (TPSA) is 64.1 Å². The van der Waals surface area contributed by atoms with Crippen molar-refractivity contribution in [2.45, 2.75) is 37.5 Å². The van der Waals surface area contributed by atoms with Crippen LogP contribution in [0.4, 0.5) is 0 Å². The Bertz CT molecular complexity index is 658. The van der Waals surface area contributed by atoms with Crippen LogP contribution in [0.25, 0.3) is 10.2 Å². The number of fused-ring (bicyclic) bond motifs is 1. The highest BCUT2D eigenvalue weighted by Crippen LogP contribution is 2.33. The van der Waals surface area contributed by atoms with Crippen molar-refractivity contribution in [3.63, 3.8) is 0 Å². The predicted octanol–water partition coefficient (Wildman–Crippen LogP) is 2.81. The van der Waals surface area contributed by atoms with E-state index < -0.39 is 0 Å². The summed E-state index contributed by atoms with van der Waals surface area (Å²) < 4.78 is 4.94. The first kappa shape index (κ1) is 17.2. The van der Waals surface area contributed by atoms with Crippen molar-refractivity contribution in [2.75, 3.05) is 20.3 Å². The second-order valence-electron chi connectivity index (χ2n) is 4.90. The van der Waals surface area contributed by atoms with Gasteiger partial charge in [0, 0.05) is 23.9 Å². The lowest BCUT2D eigenvalue weighted by Gasteiger charge is -2.12. The maximum absolute atomic E-state index is 12.1. The first-order chi connectivity index (χ1) is 10.5. The van der Waals surface area contributed by atoms with E-state index in [2.05, 4.69) is 28.3 Å². The number of aromatic nitrogens is 2. The lowest BCUT2D eigenvalue weighted by molar-refractivity contribution is -0.120. The van der Waals surface area contributed by atoms with Gasteiger partial charge in [-0.3, -0.25) is 4.79 Å². The number of amides is 1. The van der Waals surface area contributed by atoms with Gasteiger partial charge >= 0.3 is 0 Å². The highest BCUT2D eigenvalue weighted by molar-refractivity contribution is 8.00. The molecule has 0 bridgehead atoms. The fourth-order valence-corrected chi connectivity index (χ4v) is 4.02. The predicted molar refractivity (Wildman–Crippen MR) is 91.7 cm³/mol. The Balaban J connectivity index is 2.16. The number of hydrogen-bond donors (Lipinski definition) is 1. The maximum Gasteiger partial charge on any atom is 0.233 e. The Kier molecular flexibility index (Phi) is 6.16. The van der Waals surface area contributed by atoms with E-state index in [0.717, 1.165) is 27.5 Å². The summed E-state index contributed by atoms with van der Waals surface area (Å²) in [5.74, 6) is 0.740. The van der Waals surface area contributed by atoms with Gasteiger partial charge in [0.05, 0.1) is 11.9 Å². The molecule has 7 heteroatoms. The average Bonchev–Trinajstić information content (AvgIpc) is 2.90. The highest BCUT2D eigenvalue weighted by atomic mass is 32.2. The van der Waals surface area contributed by atoms with Crippen LogP contribution < -0.4 is 5.32 Å². The van der Waals surface area contributed by atoms with Crippen LogP contribution in [0.15, 0.2) is 11.1 Å². The molecule has 120 valence electrons. The van der Waals surface area contributed by atoms with Crippen molar-refractivity contribution < 1.29 is 9.53 Å². The molecule has 1 unspecified atom stereocenters. The summed E-state index contributed by atoms with van der Waals surface area (Å²) in [5, 5.41) is 4.58. The summed E-state index contributed by atoms with van der Waals surface area (Å²) in [4.78, 5) is 23.4. The largest absolute Gasteiger partial charge is 0.383 e. The number of aryl methyl sites for hydroxylation is 2. The molecule has 2 aromatic rings. The first-order valence-electron chi connectivity index (χ1n) is 7.25. The number of thiophene rings is 1. The second-order valence-corrected chi connectivity index (χ2v) is 7.35. The summed E-state index contributed by atoms with van der Waals surface area (Å²) in [6.45, 7) is 6.95. The molecule has 0 aliphatic rings.